The zero-order chi connectivity index (χ0) is 29.9. The van der Waals surface area contributed by atoms with Gasteiger partial charge >= 0.3 is 18.7 Å². The Kier molecular flexibility index (Phi) is 8.80. The van der Waals surface area contributed by atoms with Crippen LogP contribution in [-0.4, -0.2) is 24.6 Å². The SMILES string of the molecule is CC(C)(CC(F)(F)F)C(=O)N[C@](Cc1ccccc1)(c1ccc(F)cc1)c1cc(F)cc(OC(F)(F)C(F)F)c1. The van der Waals surface area contributed by atoms with Crippen molar-refractivity contribution in [3.63, 3.8) is 0 Å². The molecule has 1 atom stereocenters. The van der Waals surface area contributed by atoms with Gasteiger partial charge in [-0.25, -0.2) is 8.78 Å². The zero-order valence-corrected chi connectivity index (χ0v) is 21.1. The summed E-state index contributed by atoms with van der Waals surface area (Å²) >= 11 is 0. The van der Waals surface area contributed by atoms with Gasteiger partial charge in [0.05, 0.1) is 17.4 Å². The fraction of sp³-hybridized carbons (Fsp3) is 0.321. The molecule has 0 aliphatic carbocycles. The summed E-state index contributed by atoms with van der Waals surface area (Å²) in [4.78, 5) is 13.4. The largest absolute Gasteiger partial charge is 0.461 e. The maximum absolute atomic E-state index is 14.8. The second-order valence-electron chi connectivity index (χ2n) is 9.84. The Hall–Kier alpha value is -3.70. The smallest absolute Gasteiger partial charge is 0.428 e. The Morgan fingerprint density at radius 2 is 1.43 bits per heavy atom. The number of nitrogens with one attached hydrogen (secondary N) is 1. The number of amides is 1. The van der Waals surface area contributed by atoms with Crippen molar-refractivity contribution >= 4 is 5.91 Å². The molecule has 1 N–H and O–H groups in total. The van der Waals surface area contributed by atoms with E-state index in [0.29, 0.717) is 11.6 Å². The Labute approximate surface area is 224 Å². The van der Waals surface area contributed by atoms with E-state index in [1.165, 1.54) is 12.1 Å². The minimum absolute atomic E-state index is 0.0334. The Morgan fingerprint density at radius 3 is 1.98 bits per heavy atom. The first kappa shape index (κ1) is 30.8. The van der Waals surface area contributed by atoms with Gasteiger partial charge in [0.1, 0.15) is 17.4 Å². The second-order valence-corrected chi connectivity index (χ2v) is 9.84. The van der Waals surface area contributed by atoms with Crippen molar-refractivity contribution in [3.8, 4) is 5.75 Å². The highest BCUT2D eigenvalue weighted by molar-refractivity contribution is 5.83. The zero-order valence-electron chi connectivity index (χ0n) is 21.1. The van der Waals surface area contributed by atoms with Gasteiger partial charge in [0.25, 0.3) is 0 Å². The van der Waals surface area contributed by atoms with Gasteiger partial charge < -0.3 is 10.1 Å². The van der Waals surface area contributed by atoms with Crippen molar-refractivity contribution in [1.29, 1.82) is 0 Å². The van der Waals surface area contributed by atoms with E-state index in [4.69, 9.17) is 0 Å². The van der Waals surface area contributed by atoms with Crippen LogP contribution in [0.5, 0.6) is 5.75 Å². The van der Waals surface area contributed by atoms with Crippen molar-refractivity contribution < 1.29 is 49.0 Å². The molecule has 0 saturated heterocycles. The monoisotopic (exact) mass is 577 g/mol. The Balaban J connectivity index is 2.29. The molecule has 0 radical (unpaired) electrons. The number of carbonyl (C=O) groups is 1. The molecule has 0 fully saturated rings. The third kappa shape index (κ3) is 7.48. The van der Waals surface area contributed by atoms with Gasteiger partial charge in [0.15, 0.2) is 0 Å². The molecule has 0 unspecified atom stereocenters. The summed E-state index contributed by atoms with van der Waals surface area (Å²) in [5.74, 6) is -4.15. The van der Waals surface area contributed by atoms with Gasteiger partial charge in [-0.2, -0.15) is 30.7 Å². The van der Waals surface area contributed by atoms with Crippen LogP contribution >= 0.6 is 0 Å². The van der Waals surface area contributed by atoms with E-state index in [1.54, 1.807) is 30.3 Å². The molecular weight excluding hydrogens is 553 g/mol. The molecule has 0 aliphatic heterocycles. The number of ether oxygens (including phenoxy) is 1. The van der Waals surface area contributed by atoms with Crippen molar-refractivity contribution in [2.45, 2.75) is 50.9 Å². The molecule has 3 aromatic carbocycles. The van der Waals surface area contributed by atoms with Crippen LogP contribution in [0.4, 0.5) is 39.5 Å². The molecule has 0 aliphatic rings. The van der Waals surface area contributed by atoms with Crippen molar-refractivity contribution in [3.05, 3.63) is 101 Å². The first-order valence-corrected chi connectivity index (χ1v) is 11.8. The van der Waals surface area contributed by atoms with Gasteiger partial charge in [-0.1, -0.05) is 56.3 Å². The molecule has 0 saturated carbocycles. The lowest BCUT2D eigenvalue weighted by atomic mass is 9.76. The average molecular weight is 577 g/mol. The highest BCUT2D eigenvalue weighted by atomic mass is 19.4. The normalized spacial score (nSPS) is 14.1. The lowest BCUT2D eigenvalue weighted by Gasteiger charge is -2.39. The third-order valence-electron chi connectivity index (χ3n) is 6.11. The number of benzene rings is 3. The third-order valence-corrected chi connectivity index (χ3v) is 6.11. The van der Waals surface area contributed by atoms with Crippen molar-refractivity contribution in [2.75, 3.05) is 0 Å². The van der Waals surface area contributed by atoms with Gasteiger partial charge in [-0.3, -0.25) is 4.79 Å². The average Bonchev–Trinajstić information content (AvgIpc) is 2.82. The number of carbonyl (C=O) groups excluding carboxylic acids is 1. The maximum Gasteiger partial charge on any atom is 0.461 e. The fourth-order valence-electron chi connectivity index (χ4n) is 4.21. The Morgan fingerprint density at radius 1 is 0.825 bits per heavy atom. The van der Waals surface area contributed by atoms with E-state index >= 15 is 0 Å². The van der Waals surface area contributed by atoms with Crippen LogP contribution in [0.25, 0.3) is 0 Å². The Bertz CT molecular complexity index is 1310. The molecule has 12 heteroatoms. The quantitative estimate of drug-likeness (QED) is 0.250. The van der Waals surface area contributed by atoms with Crippen LogP contribution in [0.15, 0.2) is 72.8 Å². The second kappa shape index (κ2) is 11.4. The fourth-order valence-corrected chi connectivity index (χ4v) is 4.21. The summed E-state index contributed by atoms with van der Waals surface area (Å²) in [7, 11) is 0. The summed E-state index contributed by atoms with van der Waals surface area (Å²) in [5.41, 5.74) is -3.93. The number of halogens is 9. The summed E-state index contributed by atoms with van der Waals surface area (Å²) < 4.78 is 126. The van der Waals surface area contributed by atoms with Crippen LogP contribution in [0.1, 0.15) is 37.0 Å². The van der Waals surface area contributed by atoms with Crippen molar-refractivity contribution in [1.82, 2.24) is 5.32 Å². The van der Waals surface area contributed by atoms with Gasteiger partial charge in [0, 0.05) is 12.5 Å². The van der Waals surface area contributed by atoms with Crippen LogP contribution in [-0.2, 0) is 16.8 Å². The molecule has 1 amide bonds. The molecule has 3 rings (SSSR count). The van der Waals surface area contributed by atoms with Gasteiger partial charge in [-0.15, -0.1) is 0 Å². The lowest BCUT2D eigenvalue weighted by molar-refractivity contribution is -0.253. The van der Waals surface area contributed by atoms with E-state index in [9.17, 15) is 44.3 Å². The first-order valence-electron chi connectivity index (χ1n) is 11.8. The van der Waals surface area contributed by atoms with E-state index in [-0.39, 0.29) is 17.5 Å². The van der Waals surface area contributed by atoms with Crippen LogP contribution in [0, 0.1) is 17.0 Å². The molecule has 3 aromatic rings. The molecule has 40 heavy (non-hydrogen) atoms. The molecule has 0 aromatic heterocycles. The minimum atomic E-state index is -5.01. The number of hydrogen-bond donors (Lipinski definition) is 1. The summed E-state index contributed by atoms with van der Waals surface area (Å²) in [6.45, 7) is 2.05. The summed E-state index contributed by atoms with van der Waals surface area (Å²) in [6, 6.07) is 14.3. The molecule has 0 heterocycles. The van der Waals surface area contributed by atoms with Crippen LogP contribution < -0.4 is 10.1 Å². The predicted molar refractivity (Wildman–Crippen MR) is 128 cm³/mol. The summed E-state index contributed by atoms with van der Waals surface area (Å²) in [5, 5.41) is 2.51. The summed E-state index contributed by atoms with van der Waals surface area (Å²) in [6.07, 6.45) is -15.9. The van der Waals surface area contributed by atoms with Crippen LogP contribution in [0.2, 0.25) is 0 Å². The molecule has 216 valence electrons. The van der Waals surface area contributed by atoms with E-state index < -0.39 is 59.4 Å². The number of rotatable bonds is 10. The standard InChI is InChI=1S/C28H24F9NO2/c1-25(2,16-27(33,34)35)24(39)38-26(15-17-6-4-3-5-7-17,18-8-10-20(29)11-9-18)19-12-21(30)14-22(13-19)40-28(36,37)23(31)32/h3-14,23H,15-16H2,1-2H3,(H,38,39)/t26-/m1/s1. The van der Waals surface area contributed by atoms with Crippen molar-refractivity contribution in [2.24, 2.45) is 5.41 Å². The van der Waals surface area contributed by atoms with E-state index in [2.05, 4.69) is 10.1 Å². The maximum atomic E-state index is 14.8. The first-order chi connectivity index (χ1) is 18.4. The highest BCUT2D eigenvalue weighted by Crippen LogP contribution is 2.40. The number of hydrogen-bond acceptors (Lipinski definition) is 2. The molecule has 0 spiro atoms. The molecule has 3 nitrogen and oxygen atoms in total. The van der Waals surface area contributed by atoms with Gasteiger partial charge in [-0.05, 0) is 41.0 Å². The van der Waals surface area contributed by atoms with Gasteiger partial charge in [0.2, 0.25) is 5.91 Å². The highest BCUT2D eigenvalue weighted by Gasteiger charge is 2.47. The minimum Gasteiger partial charge on any atom is -0.428 e. The topological polar surface area (TPSA) is 38.3 Å². The molecular formula is C28H24F9NO2. The van der Waals surface area contributed by atoms with E-state index in [0.717, 1.165) is 38.1 Å². The van der Waals surface area contributed by atoms with Crippen LogP contribution in [0.3, 0.4) is 0 Å². The lowest BCUT2D eigenvalue weighted by Crippen LogP contribution is -2.53. The molecule has 0 bridgehead atoms. The predicted octanol–water partition coefficient (Wildman–Crippen LogP) is 7.78. The van der Waals surface area contributed by atoms with E-state index in [1.807, 2.05) is 0 Å². The number of alkyl halides is 7.